The number of hydrogen-bond donors (Lipinski definition) is 2. The Hall–Kier alpha value is -0.830. The van der Waals surface area contributed by atoms with Crippen molar-refractivity contribution in [3.63, 3.8) is 0 Å². The molecule has 0 bridgehead atoms. The van der Waals surface area contributed by atoms with Crippen LogP contribution in [0.5, 0.6) is 0 Å². The third kappa shape index (κ3) is 12.6. The fourth-order valence-electron chi connectivity index (χ4n) is 2.43. The molecule has 0 radical (unpaired) electrons. The van der Waals surface area contributed by atoms with E-state index in [9.17, 15) is 4.79 Å². The van der Waals surface area contributed by atoms with Gasteiger partial charge in [-0.05, 0) is 25.2 Å². The fraction of sp³-hybridized carbons (Fsp3) is 0.833. The highest BCUT2D eigenvalue weighted by molar-refractivity contribution is 5.78. The summed E-state index contributed by atoms with van der Waals surface area (Å²) in [6, 6.07) is 0. The van der Waals surface area contributed by atoms with E-state index >= 15 is 0 Å². The molecule has 0 heterocycles. The molecule has 3 heteroatoms. The Morgan fingerprint density at radius 3 is 1.81 bits per heavy atom. The molecule has 0 saturated heterocycles. The van der Waals surface area contributed by atoms with E-state index in [-0.39, 0.29) is 5.54 Å². The van der Waals surface area contributed by atoms with E-state index in [0.29, 0.717) is 5.92 Å². The van der Waals surface area contributed by atoms with Crippen molar-refractivity contribution in [2.45, 2.75) is 91.0 Å². The van der Waals surface area contributed by atoms with E-state index in [1.54, 1.807) is 0 Å². The molecule has 1 unspecified atom stereocenters. The Bertz CT molecular complexity index is 256. The zero-order valence-electron chi connectivity index (χ0n) is 14.7. The summed E-state index contributed by atoms with van der Waals surface area (Å²) >= 11 is 0. The largest absolute Gasteiger partial charge is 0.478 e. The maximum Gasteiger partial charge on any atom is 0.327 e. The second-order valence-corrected chi connectivity index (χ2v) is 6.03. The molecule has 0 rings (SSSR count). The number of nitrogens with two attached hydrogens (primary N) is 1. The lowest BCUT2D eigenvalue weighted by atomic mass is 9.76. The van der Waals surface area contributed by atoms with E-state index in [1.807, 2.05) is 0 Å². The number of carboxylic acids is 1. The van der Waals surface area contributed by atoms with Gasteiger partial charge in [0, 0.05) is 11.6 Å². The van der Waals surface area contributed by atoms with Crippen LogP contribution in [-0.2, 0) is 4.79 Å². The highest BCUT2D eigenvalue weighted by atomic mass is 16.4. The maximum atomic E-state index is 9.25. The van der Waals surface area contributed by atoms with E-state index in [1.165, 1.54) is 57.8 Å². The first kappa shape index (κ1) is 22.5. The van der Waals surface area contributed by atoms with Crippen molar-refractivity contribution >= 4 is 5.97 Å². The van der Waals surface area contributed by atoms with Gasteiger partial charge in [-0.2, -0.15) is 0 Å². The summed E-state index contributed by atoms with van der Waals surface area (Å²) < 4.78 is 0. The average Bonchev–Trinajstić information content (AvgIpc) is 2.48. The molecule has 0 aliphatic heterocycles. The summed E-state index contributed by atoms with van der Waals surface area (Å²) in [5.41, 5.74) is 6.77. The molecule has 0 fully saturated rings. The van der Waals surface area contributed by atoms with Crippen LogP contribution in [0.4, 0.5) is 0 Å². The van der Waals surface area contributed by atoms with E-state index in [2.05, 4.69) is 34.3 Å². The van der Waals surface area contributed by atoms with Gasteiger partial charge in [0.05, 0.1) is 0 Å². The first-order valence-corrected chi connectivity index (χ1v) is 8.52. The Labute approximate surface area is 132 Å². The summed E-state index contributed by atoms with van der Waals surface area (Å²) in [6.07, 6.45) is 12.3. The van der Waals surface area contributed by atoms with Gasteiger partial charge in [0.25, 0.3) is 0 Å². The quantitative estimate of drug-likeness (QED) is 0.519. The molecule has 0 amide bonds. The van der Waals surface area contributed by atoms with E-state index < -0.39 is 5.97 Å². The van der Waals surface area contributed by atoms with Crippen LogP contribution in [0.1, 0.15) is 85.5 Å². The van der Waals surface area contributed by atoms with Gasteiger partial charge >= 0.3 is 5.97 Å². The number of rotatable bonds is 11. The second-order valence-electron chi connectivity index (χ2n) is 6.03. The van der Waals surface area contributed by atoms with Crippen LogP contribution < -0.4 is 5.73 Å². The predicted octanol–water partition coefficient (Wildman–Crippen LogP) is 5.15. The van der Waals surface area contributed by atoms with E-state index in [4.69, 9.17) is 10.8 Å². The monoisotopic (exact) mass is 299 g/mol. The maximum absolute atomic E-state index is 9.25. The van der Waals surface area contributed by atoms with E-state index in [0.717, 1.165) is 6.08 Å². The molecule has 0 aromatic heterocycles. The first-order valence-electron chi connectivity index (χ1n) is 8.52. The molecule has 0 aliphatic carbocycles. The van der Waals surface area contributed by atoms with Crippen LogP contribution in [0.15, 0.2) is 12.7 Å². The van der Waals surface area contributed by atoms with Gasteiger partial charge in [0.1, 0.15) is 0 Å². The molecule has 0 aromatic carbocycles. The molecule has 3 nitrogen and oxygen atoms in total. The summed E-state index contributed by atoms with van der Waals surface area (Å²) in [7, 11) is 0. The second kappa shape index (κ2) is 14.1. The van der Waals surface area contributed by atoms with Crippen molar-refractivity contribution < 1.29 is 9.90 Å². The minimum absolute atomic E-state index is 0.112. The zero-order chi connectivity index (χ0) is 16.7. The number of unbranched alkanes of at least 4 members (excludes halogenated alkanes) is 3. The lowest BCUT2D eigenvalue weighted by molar-refractivity contribution is -0.131. The topological polar surface area (TPSA) is 63.3 Å². The lowest BCUT2D eigenvalue weighted by Gasteiger charge is -2.36. The molecule has 0 aromatic rings. The molecular formula is C18H37NO2. The highest BCUT2D eigenvalue weighted by Crippen LogP contribution is 2.30. The van der Waals surface area contributed by atoms with Gasteiger partial charge in [-0.3, -0.25) is 0 Å². The van der Waals surface area contributed by atoms with Crippen molar-refractivity contribution in [2.75, 3.05) is 0 Å². The van der Waals surface area contributed by atoms with Crippen LogP contribution in [0.25, 0.3) is 0 Å². The predicted molar refractivity (Wildman–Crippen MR) is 92.5 cm³/mol. The number of carbonyl (C=O) groups is 1. The van der Waals surface area contributed by atoms with Crippen LogP contribution in [0.3, 0.4) is 0 Å². The third-order valence-corrected chi connectivity index (χ3v) is 4.14. The zero-order valence-corrected chi connectivity index (χ0v) is 14.7. The van der Waals surface area contributed by atoms with Crippen molar-refractivity contribution in [2.24, 2.45) is 11.7 Å². The SMILES string of the molecule is C=CC(=O)O.CCCCC(C)C(N)(CCCC)CCCC. The number of carboxylic acid groups (broad SMARTS) is 1. The Kier molecular flexibility index (Phi) is 15.1. The Morgan fingerprint density at radius 1 is 1.14 bits per heavy atom. The molecular weight excluding hydrogens is 262 g/mol. The van der Waals surface area contributed by atoms with Gasteiger partial charge in [-0.1, -0.05) is 72.8 Å². The van der Waals surface area contributed by atoms with Gasteiger partial charge < -0.3 is 10.8 Å². The lowest BCUT2D eigenvalue weighted by Crippen LogP contribution is -2.46. The number of hydrogen-bond acceptors (Lipinski definition) is 2. The molecule has 21 heavy (non-hydrogen) atoms. The first-order chi connectivity index (χ1) is 9.87. The smallest absolute Gasteiger partial charge is 0.327 e. The Morgan fingerprint density at radius 2 is 1.52 bits per heavy atom. The van der Waals surface area contributed by atoms with Crippen molar-refractivity contribution in [1.29, 1.82) is 0 Å². The standard InChI is InChI=1S/C15H33N.C3H4O2/c1-5-8-11-14(4)15(16,12-9-6-2)13-10-7-3;1-2-3(4)5/h14H,5-13,16H2,1-4H3;2H,1H2,(H,4,5). The minimum Gasteiger partial charge on any atom is -0.478 e. The fourth-order valence-corrected chi connectivity index (χ4v) is 2.43. The van der Waals surface area contributed by atoms with Crippen molar-refractivity contribution in [3.8, 4) is 0 Å². The average molecular weight is 299 g/mol. The molecule has 126 valence electrons. The molecule has 0 saturated carbocycles. The van der Waals surface area contributed by atoms with Crippen LogP contribution in [0.2, 0.25) is 0 Å². The van der Waals surface area contributed by atoms with Crippen LogP contribution in [0, 0.1) is 5.92 Å². The number of aliphatic carboxylic acids is 1. The summed E-state index contributed by atoms with van der Waals surface area (Å²) in [5, 5.41) is 7.60. The normalized spacial score (nSPS) is 12.2. The minimum atomic E-state index is -0.981. The molecule has 1 atom stereocenters. The molecule has 0 spiro atoms. The summed E-state index contributed by atoms with van der Waals surface area (Å²) in [5.74, 6) is -0.296. The van der Waals surface area contributed by atoms with Crippen molar-refractivity contribution in [1.82, 2.24) is 0 Å². The third-order valence-electron chi connectivity index (χ3n) is 4.14. The van der Waals surface area contributed by atoms with Gasteiger partial charge in [0.2, 0.25) is 0 Å². The van der Waals surface area contributed by atoms with Gasteiger partial charge in [-0.25, -0.2) is 4.79 Å². The summed E-state index contributed by atoms with van der Waals surface area (Å²) in [6.45, 7) is 12.1. The summed E-state index contributed by atoms with van der Waals surface area (Å²) in [4.78, 5) is 9.25. The van der Waals surface area contributed by atoms with Gasteiger partial charge in [-0.15, -0.1) is 0 Å². The van der Waals surface area contributed by atoms with Crippen LogP contribution in [-0.4, -0.2) is 16.6 Å². The molecule has 0 aliphatic rings. The molecule has 3 N–H and O–H groups in total. The highest BCUT2D eigenvalue weighted by Gasteiger charge is 2.29. The van der Waals surface area contributed by atoms with Gasteiger partial charge in [0.15, 0.2) is 0 Å². The van der Waals surface area contributed by atoms with Crippen molar-refractivity contribution in [3.05, 3.63) is 12.7 Å². The Balaban J connectivity index is 0. The van der Waals surface area contributed by atoms with Crippen LogP contribution >= 0.6 is 0 Å².